The predicted octanol–water partition coefficient (Wildman–Crippen LogP) is 2.76. The van der Waals surface area contributed by atoms with Gasteiger partial charge in [-0.05, 0) is 35.9 Å². The van der Waals surface area contributed by atoms with Crippen LogP contribution >= 0.6 is 0 Å². The van der Waals surface area contributed by atoms with E-state index >= 15 is 0 Å². The van der Waals surface area contributed by atoms with Crippen LogP contribution in [0.2, 0.25) is 0 Å². The normalized spacial score (nSPS) is 14.5. The molecule has 130 valence electrons. The highest BCUT2D eigenvalue weighted by molar-refractivity contribution is 6.04. The molecule has 1 aliphatic heterocycles. The molecule has 0 unspecified atom stereocenters. The first kappa shape index (κ1) is 17.0. The van der Waals surface area contributed by atoms with Crippen LogP contribution in [0.5, 0.6) is 0 Å². The van der Waals surface area contributed by atoms with Crippen LogP contribution in [0.15, 0.2) is 53.7 Å². The maximum Gasteiger partial charge on any atom is 0.255 e. The molecule has 25 heavy (non-hydrogen) atoms. The molecule has 0 aliphatic carbocycles. The van der Waals surface area contributed by atoms with Gasteiger partial charge >= 0.3 is 0 Å². The summed E-state index contributed by atoms with van der Waals surface area (Å²) in [6.45, 7) is 3.19. The second-order valence-corrected chi connectivity index (χ2v) is 5.64. The lowest BCUT2D eigenvalue weighted by Gasteiger charge is -2.29. The maximum absolute atomic E-state index is 12.4. The van der Waals surface area contributed by atoms with E-state index in [1.165, 1.54) is 7.11 Å². The second-order valence-electron chi connectivity index (χ2n) is 5.64. The number of carbonyl (C=O) groups is 1. The first-order valence-electron chi connectivity index (χ1n) is 8.17. The molecule has 0 saturated carbocycles. The van der Waals surface area contributed by atoms with Crippen molar-refractivity contribution in [2.45, 2.75) is 0 Å². The van der Waals surface area contributed by atoms with Gasteiger partial charge in [0.2, 0.25) is 0 Å². The number of oxime groups is 1. The van der Waals surface area contributed by atoms with Crippen LogP contribution in [0.4, 0.5) is 11.4 Å². The average molecular weight is 339 g/mol. The monoisotopic (exact) mass is 339 g/mol. The van der Waals surface area contributed by atoms with Gasteiger partial charge in [0.25, 0.3) is 5.91 Å². The van der Waals surface area contributed by atoms with E-state index in [1.54, 1.807) is 18.3 Å². The third-order valence-corrected chi connectivity index (χ3v) is 3.96. The molecule has 2 aromatic rings. The summed E-state index contributed by atoms with van der Waals surface area (Å²) >= 11 is 0. The molecule has 0 spiro atoms. The Hall–Kier alpha value is -2.86. The first-order valence-corrected chi connectivity index (χ1v) is 8.17. The Bertz CT molecular complexity index is 738. The molecule has 1 heterocycles. The maximum atomic E-state index is 12.4. The fourth-order valence-electron chi connectivity index (χ4n) is 2.64. The zero-order chi connectivity index (χ0) is 17.5. The number of hydrogen-bond donors (Lipinski definition) is 1. The zero-order valence-corrected chi connectivity index (χ0v) is 14.1. The number of nitrogens with zero attached hydrogens (tertiary/aromatic N) is 2. The summed E-state index contributed by atoms with van der Waals surface area (Å²) in [5.41, 5.74) is 3.32. The minimum Gasteiger partial charge on any atom is -0.399 e. The summed E-state index contributed by atoms with van der Waals surface area (Å²) in [5.74, 6) is -0.144. The van der Waals surface area contributed by atoms with Crippen molar-refractivity contribution in [1.82, 2.24) is 0 Å². The van der Waals surface area contributed by atoms with Gasteiger partial charge in [-0.25, -0.2) is 0 Å². The van der Waals surface area contributed by atoms with Crippen LogP contribution in [0.1, 0.15) is 15.9 Å². The third-order valence-electron chi connectivity index (χ3n) is 3.96. The van der Waals surface area contributed by atoms with Crippen molar-refractivity contribution in [2.75, 3.05) is 43.6 Å². The Balaban J connectivity index is 1.67. The van der Waals surface area contributed by atoms with E-state index in [-0.39, 0.29) is 5.91 Å². The number of amides is 1. The standard InChI is InChI=1S/C19H21N3O3/c1-24-20-14-15-5-7-16(8-6-15)19(23)21-17-3-2-4-18(13-17)22-9-11-25-12-10-22/h2-8,13-14H,9-12H2,1H3,(H,21,23)/b20-14+. The summed E-state index contributed by atoms with van der Waals surface area (Å²) in [5, 5.41) is 6.64. The van der Waals surface area contributed by atoms with Crippen molar-refractivity contribution in [3.05, 3.63) is 59.7 Å². The number of morpholine rings is 1. The summed E-state index contributed by atoms with van der Waals surface area (Å²) in [4.78, 5) is 19.3. The molecular formula is C19H21N3O3. The van der Waals surface area contributed by atoms with Crippen LogP contribution < -0.4 is 10.2 Å². The number of anilines is 2. The van der Waals surface area contributed by atoms with Crippen LogP contribution in [0.3, 0.4) is 0 Å². The molecule has 1 fully saturated rings. The van der Waals surface area contributed by atoms with Crippen molar-refractivity contribution in [3.63, 3.8) is 0 Å². The highest BCUT2D eigenvalue weighted by Crippen LogP contribution is 2.21. The van der Waals surface area contributed by atoms with Gasteiger partial charge in [-0.15, -0.1) is 0 Å². The second kappa shape index (κ2) is 8.30. The number of benzene rings is 2. The van der Waals surface area contributed by atoms with E-state index in [9.17, 15) is 4.79 Å². The molecule has 1 aliphatic rings. The molecule has 0 radical (unpaired) electrons. The van der Waals surface area contributed by atoms with Gasteiger partial charge in [0.05, 0.1) is 19.4 Å². The number of rotatable bonds is 5. The Morgan fingerprint density at radius 3 is 2.68 bits per heavy atom. The molecule has 6 heteroatoms. The molecule has 6 nitrogen and oxygen atoms in total. The van der Waals surface area contributed by atoms with Crippen LogP contribution in [0.25, 0.3) is 0 Å². The van der Waals surface area contributed by atoms with Crippen molar-refractivity contribution in [2.24, 2.45) is 5.16 Å². The summed E-state index contributed by atoms with van der Waals surface area (Å²) in [7, 11) is 1.49. The van der Waals surface area contributed by atoms with Crippen LogP contribution in [-0.2, 0) is 9.57 Å². The van der Waals surface area contributed by atoms with Gasteiger partial charge in [-0.2, -0.15) is 0 Å². The lowest BCUT2D eigenvalue weighted by Crippen LogP contribution is -2.36. The van der Waals surface area contributed by atoms with E-state index in [0.29, 0.717) is 5.56 Å². The molecule has 1 amide bonds. The number of carbonyl (C=O) groups excluding carboxylic acids is 1. The molecule has 3 rings (SSSR count). The Morgan fingerprint density at radius 2 is 1.96 bits per heavy atom. The molecule has 0 aromatic heterocycles. The Labute approximate surface area is 147 Å². The minimum absolute atomic E-state index is 0.144. The summed E-state index contributed by atoms with van der Waals surface area (Å²) in [6.07, 6.45) is 1.59. The van der Waals surface area contributed by atoms with E-state index in [0.717, 1.165) is 43.2 Å². The van der Waals surface area contributed by atoms with Gasteiger partial charge in [0.1, 0.15) is 7.11 Å². The third kappa shape index (κ3) is 4.58. The number of nitrogens with one attached hydrogen (secondary N) is 1. The van der Waals surface area contributed by atoms with Gasteiger partial charge in [-0.3, -0.25) is 4.79 Å². The van der Waals surface area contributed by atoms with Crippen molar-refractivity contribution in [3.8, 4) is 0 Å². The van der Waals surface area contributed by atoms with E-state index < -0.39 is 0 Å². The van der Waals surface area contributed by atoms with Gasteiger partial charge in [0, 0.05) is 30.0 Å². The van der Waals surface area contributed by atoms with Crippen molar-refractivity contribution in [1.29, 1.82) is 0 Å². The first-order chi connectivity index (χ1) is 12.3. The lowest BCUT2D eigenvalue weighted by atomic mass is 10.1. The summed E-state index contributed by atoms with van der Waals surface area (Å²) < 4.78 is 5.38. The van der Waals surface area contributed by atoms with Crippen LogP contribution in [0, 0.1) is 0 Å². The van der Waals surface area contributed by atoms with Crippen LogP contribution in [-0.4, -0.2) is 45.5 Å². The average Bonchev–Trinajstić information content (AvgIpc) is 2.67. The van der Waals surface area contributed by atoms with Gasteiger partial charge in [-0.1, -0.05) is 23.4 Å². The molecule has 0 bridgehead atoms. The predicted molar refractivity (Wildman–Crippen MR) is 98.5 cm³/mol. The fourth-order valence-corrected chi connectivity index (χ4v) is 2.64. The quantitative estimate of drug-likeness (QED) is 0.672. The fraction of sp³-hybridized carbons (Fsp3) is 0.263. The Morgan fingerprint density at radius 1 is 1.20 bits per heavy atom. The molecular weight excluding hydrogens is 318 g/mol. The Kier molecular flexibility index (Phi) is 5.64. The van der Waals surface area contributed by atoms with Crippen molar-refractivity contribution >= 4 is 23.5 Å². The summed E-state index contributed by atoms with van der Waals surface area (Å²) in [6, 6.07) is 15.0. The lowest BCUT2D eigenvalue weighted by molar-refractivity contribution is 0.102. The van der Waals surface area contributed by atoms with Gasteiger partial charge < -0.3 is 19.8 Å². The molecule has 1 N–H and O–H groups in total. The molecule has 1 saturated heterocycles. The van der Waals surface area contributed by atoms with E-state index in [2.05, 4.69) is 20.2 Å². The zero-order valence-electron chi connectivity index (χ0n) is 14.1. The SMILES string of the molecule is CO/N=C/c1ccc(C(=O)Nc2cccc(N3CCOCC3)c2)cc1. The number of ether oxygens (including phenoxy) is 1. The topological polar surface area (TPSA) is 63.2 Å². The molecule has 2 aromatic carbocycles. The largest absolute Gasteiger partial charge is 0.399 e. The number of hydrogen-bond acceptors (Lipinski definition) is 5. The minimum atomic E-state index is -0.144. The van der Waals surface area contributed by atoms with E-state index in [1.807, 2.05) is 36.4 Å². The van der Waals surface area contributed by atoms with Gasteiger partial charge in [0.15, 0.2) is 0 Å². The molecule has 0 atom stereocenters. The van der Waals surface area contributed by atoms with Crippen molar-refractivity contribution < 1.29 is 14.4 Å². The highest BCUT2D eigenvalue weighted by atomic mass is 16.6. The van der Waals surface area contributed by atoms with E-state index in [4.69, 9.17) is 4.74 Å². The smallest absolute Gasteiger partial charge is 0.255 e. The highest BCUT2D eigenvalue weighted by Gasteiger charge is 2.12.